The van der Waals surface area contributed by atoms with E-state index in [4.69, 9.17) is 14.2 Å². The first-order valence-electron chi connectivity index (χ1n) is 12.6. The normalized spacial score (nSPS) is 20.7. The fourth-order valence-electron chi connectivity index (χ4n) is 4.42. The summed E-state index contributed by atoms with van der Waals surface area (Å²) in [7, 11) is -0.318. The summed E-state index contributed by atoms with van der Waals surface area (Å²) >= 11 is 1.61. The van der Waals surface area contributed by atoms with Crippen LogP contribution < -0.4 is 4.74 Å². The highest BCUT2D eigenvalue weighted by Crippen LogP contribution is 2.34. The molecule has 2 aliphatic rings. The molecule has 0 saturated carbocycles. The number of rotatable bonds is 11. The van der Waals surface area contributed by atoms with E-state index in [0.717, 1.165) is 18.0 Å². The largest absolute Gasteiger partial charge is 0.497 e. The van der Waals surface area contributed by atoms with Crippen LogP contribution in [0.15, 0.2) is 58.5 Å². The Hall–Kier alpha value is -2.48. The molecule has 1 fully saturated rings. The van der Waals surface area contributed by atoms with Gasteiger partial charge in [0.2, 0.25) is 16.3 Å². The number of aliphatic hydroxyl groups is 1. The molecule has 0 aliphatic carbocycles. The SMILES string of the molecule is COc1ccc(S(=O)(=O)N(CCO)CCO[C@H]2C[C@@H](c3cccs3)C=C(C(=O)N3CCN(C)CC3)O2)cc1. The standard InChI is InChI=1S/C26H35N3O7S2/c1-27-9-11-28(12-10-27)26(31)23-18-20(24-4-3-17-37-24)19-25(36-23)35-16-14-29(13-15-30)38(32,33)22-7-5-21(34-2)6-8-22/h3-8,17-18,20,25,30H,9-16,19H2,1-2H3/t20-,25+/m0/s1. The first-order valence-corrected chi connectivity index (χ1v) is 14.9. The fraction of sp³-hybridized carbons (Fsp3) is 0.500. The number of benzene rings is 1. The number of carbonyl (C=O) groups excluding carboxylic acids is 1. The van der Waals surface area contributed by atoms with Crippen molar-refractivity contribution in [3.05, 3.63) is 58.5 Å². The van der Waals surface area contributed by atoms with Crippen LogP contribution in [0, 0.1) is 0 Å². The van der Waals surface area contributed by atoms with E-state index in [-0.39, 0.29) is 48.8 Å². The first-order chi connectivity index (χ1) is 18.3. The van der Waals surface area contributed by atoms with Crippen LogP contribution in [0.25, 0.3) is 0 Å². The average Bonchev–Trinajstić information content (AvgIpc) is 3.48. The number of hydrogen-bond acceptors (Lipinski definition) is 9. The second-order valence-corrected chi connectivity index (χ2v) is 12.1. The van der Waals surface area contributed by atoms with Crippen LogP contribution in [-0.2, 0) is 24.3 Å². The number of piperazine rings is 1. The highest BCUT2D eigenvalue weighted by Gasteiger charge is 2.33. The molecule has 0 spiro atoms. The number of thiophene rings is 1. The fourth-order valence-corrected chi connectivity index (χ4v) is 6.65. The van der Waals surface area contributed by atoms with Crippen LogP contribution in [0.4, 0.5) is 0 Å². The average molecular weight is 566 g/mol. The van der Waals surface area contributed by atoms with Crippen molar-refractivity contribution in [2.75, 3.05) is 66.6 Å². The zero-order valence-corrected chi connectivity index (χ0v) is 23.3. The van der Waals surface area contributed by atoms with Crippen molar-refractivity contribution in [1.29, 1.82) is 0 Å². The van der Waals surface area contributed by atoms with E-state index in [9.17, 15) is 18.3 Å². The molecule has 208 valence electrons. The molecular formula is C26H35N3O7S2. The van der Waals surface area contributed by atoms with Crippen LogP contribution >= 0.6 is 11.3 Å². The van der Waals surface area contributed by atoms with Gasteiger partial charge in [0.05, 0.1) is 25.2 Å². The molecule has 1 N–H and O–H groups in total. The molecule has 1 saturated heterocycles. The summed E-state index contributed by atoms with van der Waals surface area (Å²) in [6.45, 7) is 2.51. The van der Waals surface area contributed by atoms with Gasteiger partial charge in [-0.3, -0.25) is 4.79 Å². The molecule has 10 nitrogen and oxygen atoms in total. The number of allylic oxidation sites excluding steroid dienone is 1. The molecule has 0 radical (unpaired) electrons. The maximum absolute atomic E-state index is 13.3. The number of nitrogens with zero attached hydrogens (tertiary/aromatic N) is 3. The molecule has 1 amide bonds. The molecule has 2 aromatic rings. The molecule has 0 bridgehead atoms. The molecule has 3 heterocycles. The van der Waals surface area contributed by atoms with Crippen molar-refractivity contribution >= 4 is 27.3 Å². The molecular weight excluding hydrogens is 530 g/mol. The first kappa shape index (κ1) is 28.5. The number of likely N-dealkylation sites (N-methyl/N-ethyl adjacent to an activating group) is 1. The summed E-state index contributed by atoms with van der Waals surface area (Å²) in [5, 5.41) is 11.5. The van der Waals surface area contributed by atoms with E-state index in [1.165, 1.54) is 23.5 Å². The van der Waals surface area contributed by atoms with Crippen LogP contribution in [0.1, 0.15) is 17.2 Å². The lowest BCUT2D eigenvalue weighted by atomic mass is 9.99. The summed E-state index contributed by atoms with van der Waals surface area (Å²) in [6.07, 6.45) is 1.67. The molecule has 2 atom stereocenters. The van der Waals surface area contributed by atoms with Crippen molar-refractivity contribution in [3.63, 3.8) is 0 Å². The van der Waals surface area contributed by atoms with Crippen LogP contribution in [0.3, 0.4) is 0 Å². The highest BCUT2D eigenvalue weighted by atomic mass is 32.2. The molecule has 1 aromatic carbocycles. The van der Waals surface area contributed by atoms with Crippen LogP contribution in [-0.4, -0.2) is 106 Å². The zero-order valence-electron chi connectivity index (χ0n) is 21.7. The monoisotopic (exact) mass is 565 g/mol. The predicted octanol–water partition coefficient (Wildman–Crippen LogP) is 1.94. The van der Waals surface area contributed by atoms with Gasteiger partial charge in [-0.05, 0) is 48.8 Å². The van der Waals surface area contributed by atoms with E-state index < -0.39 is 16.3 Å². The lowest BCUT2D eigenvalue weighted by molar-refractivity contribution is -0.153. The van der Waals surface area contributed by atoms with Gasteiger partial charge in [0.15, 0.2) is 5.76 Å². The van der Waals surface area contributed by atoms with Gasteiger partial charge in [-0.25, -0.2) is 8.42 Å². The van der Waals surface area contributed by atoms with Crippen molar-refractivity contribution in [3.8, 4) is 5.75 Å². The van der Waals surface area contributed by atoms with Crippen LogP contribution in [0.5, 0.6) is 5.75 Å². The molecule has 1 aromatic heterocycles. The number of hydrogen-bond donors (Lipinski definition) is 1. The van der Waals surface area contributed by atoms with E-state index >= 15 is 0 Å². The Balaban J connectivity index is 1.42. The van der Waals surface area contributed by atoms with Gasteiger partial charge in [-0.1, -0.05) is 6.07 Å². The molecule has 0 unspecified atom stereocenters. The Morgan fingerprint density at radius 1 is 1.16 bits per heavy atom. The Morgan fingerprint density at radius 3 is 2.53 bits per heavy atom. The molecule has 38 heavy (non-hydrogen) atoms. The van der Waals surface area contributed by atoms with Gasteiger partial charge in [0.25, 0.3) is 5.91 Å². The number of ether oxygens (including phenoxy) is 3. The third-order valence-corrected chi connectivity index (χ3v) is 9.58. The van der Waals surface area contributed by atoms with Gasteiger partial charge in [0, 0.05) is 56.5 Å². The third kappa shape index (κ3) is 6.93. The van der Waals surface area contributed by atoms with Crippen molar-refractivity contribution in [2.24, 2.45) is 0 Å². The number of amides is 1. The smallest absolute Gasteiger partial charge is 0.288 e. The van der Waals surface area contributed by atoms with E-state index in [1.807, 2.05) is 30.6 Å². The minimum absolute atomic E-state index is 0.0178. The quantitative estimate of drug-likeness (QED) is 0.441. The van der Waals surface area contributed by atoms with Gasteiger partial charge in [0.1, 0.15) is 5.75 Å². The third-order valence-electron chi connectivity index (χ3n) is 6.66. The lowest BCUT2D eigenvalue weighted by Gasteiger charge is -2.35. The minimum atomic E-state index is -3.86. The second-order valence-electron chi connectivity index (χ2n) is 9.21. The number of carbonyl (C=O) groups is 1. The second kappa shape index (κ2) is 13.0. The molecule has 2 aliphatic heterocycles. The summed E-state index contributed by atoms with van der Waals surface area (Å²) in [6, 6.07) is 10.1. The van der Waals surface area contributed by atoms with Gasteiger partial charge in [-0.2, -0.15) is 4.31 Å². The topological polar surface area (TPSA) is 109 Å². The minimum Gasteiger partial charge on any atom is -0.497 e. The van der Waals surface area contributed by atoms with Crippen molar-refractivity contribution < 1.29 is 32.5 Å². The van der Waals surface area contributed by atoms with E-state index in [2.05, 4.69) is 4.90 Å². The van der Waals surface area contributed by atoms with E-state index in [0.29, 0.717) is 25.3 Å². The maximum atomic E-state index is 13.3. The summed E-state index contributed by atoms with van der Waals surface area (Å²) in [5.41, 5.74) is 0. The summed E-state index contributed by atoms with van der Waals surface area (Å²) < 4.78 is 44.6. The summed E-state index contributed by atoms with van der Waals surface area (Å²) in [4.78, 5) is 18.4. The van der Waals surface area contributed by atoms with Gasteiger partial charge < -0.3 is 29.1 Å². The number of methoxy groups -OCH3 is 1. The number of aliphatic hydroxyl groups excluding tert-OH is 1. The van der Waals surface area contributed by atoms with Crippen molar-refractivity contribution in [1.82, 2.24) is 14.1 Å². The molecule has 12 heteroatoms. The maximum Gasteiger partial charge on any atom is 0.288 e. The van der Waals surface area contributed by atoms with E-state index in [1.54, 1.807) is 28.4 Å². The highest BCUT2D eigenvalue weighted by molar-refractivity contribution is 7.89. The van der Waals surface area contributed by atoms with Gasteiger partial charge in [-0.15, -0.1) is 11.3 Å². The molecule has 4 rings (SSSR count). The lowest BCUT2D eigenvalue weighted by Crippen LogP contribution is -2.48. The van der Waals surface area contributed by atoms with Crippen LogP contribution in [0.2, 0.25) is 0 Å². The van der Waals surface area contributed by atoms with Crippen molar-refractivity contribution in [2.45, 2.75) is 23.5 Å². The zero-order chi connectivity index (χ0) is 27.1. The Kier molecular flexibility index (Phi) is 9.80. The Bertz CT molecular complexity index is 1180. The Labute approximate surface area is 228 Å². The number of sulfonamides is 1. The van der Waals surface area contributed by atoms with Gasteiger partial charge >= 0.3 is 0 Å². The summed E-state index contributed by atoms with van der Waals surface area (Å²) in [5.74, 6) is 0.613. The predicted molar refractivity (Wildman–Crippen MR) is 144 cm³/mol. The Morgan fingerprint density at radius 2 is 1.89 bits per heavy atom.